The van der Waals surface area contributed by atoms with Crippen molar-refractivity contribution in [1.29, 1.82) is 0 Å². The number of hydrogen-bond acceptors (Lipinski definition) is 5. The summed E-state index contributed by atoms with van der Waals surface area (Å²) in [5.74, 6) is 0.294. The molecule has 7 atom stereocenters. The maximum atomic E-state index is 10.3. The average molecular weight is 390 g/mol. The molecule has 0 fully saturated rings. The summed E-state index contributed by atoms with van der Waals surface area (Å²) in [5.41, 5.74) is 5.64. The van der Waals surface area contributed by atoms with E-state index in [9.17, 15) is 20.4 Å². The Kier molecular flexibility index (Phi) is 15.6. The van der Waals surface area contributed by atoms with Crippen LogP contribution in [0.1, 0.15) is 98.3 Å². The van der Waals surface area contributed by atoms with E-state index >= 15 is 0 Å². The zero-order valence-electron chi connectivity index (χ0n) is 18.2. The molecule has 5 nitrogen and oxygen atoms in total. The second-order valence-electron chi connectivity index (χ2n) is 8.83. The highest BCUT2D eigenvalue weighted by Crippen LogP contribution is 2.22. The lowest BCUT2D eigenvalue weighted by atomic mass is 9.88. The minimum atomic E-state index is -0.713. The van der Waals surface area contributed by atoms with Gasteiger partial charge in [-0.1, -0.05) is 59.3 Å². The minimum absolute atomic E-state index is 0.109. The molecule has 0 rings (SSSR count). The molecule has 0 aromatic carbocycles. The van der Waals surface area contributed by atoms with E-state index in [1.165, 1.54) is 0 Å². The molecular weight excluding hydrogens is 342 g/mol. The molecule has 6 N–H and O–H groups in total. The lowest BCUT2D eigenvalue weighted by Gasteiger charge is -2.26. The third-order valence-corrected chi connectivity index (χ3v) is 5.70. The fraction of sp³-hybridized carbons (Fsp3) is 1.00. The Hall–Kier alpha value is -0.200. The van der Waals surface area contributed by atoms with Gasteiger partial charge in [0.15, 0.2) is 0 Å². The number of unbranched alkanes of at least 4 members (excludes halogenated alkanes) is 4. The van der Waals surface area contributed by atoms with E-state index in [0.29, 0.717) is 12.8 Å². The summed E-state index contributed by atoms with van der Waals surface area (Å²) >= 11 is 0. The van der Waals surface area contributed by atoms with Crippen molar-refractivity contribution >= 4 is 0 Å². The molecule has 0 aliphatic carbocycles. The largest absolute Gasteiger partial charge is 0.393 e. The second-order valence-corrected chi connectivity index (χ2v) is 8.83. The molecule has 164 valence electrons. The van der Waals surface area contributed by atoms with Gasteiger partial charge < -0.3 is 26.2 Å². The van der Waals surface area contributed by atoms with E-state index in [-0.39, 0.29) is 24.0 Å². The van der Waals surface area contributed by atoms with Crippen molar-refractivity contribution in [3.63, 3.8) is 0 Å². The fourth-order valence-corrected chi connectivity index (χ4v) is 3.66. The summed E-state index contributed by atoms with van der Waals surface area (Å²) < 4.78 is 0. The molecule has 0 amide bonds. The van der Waals surface area contributed by atoms with Crippen LogP contribution in [0.5, 0.6) is 0 Å². The maximum absolute atomic E-state index is 10.3. The highest BCUT2D eigenvalue weighted by atomic mass is 16.3. The SMILES string of the molecule is CCCC[C@@H](C)[C@@H](O)[C@@H](O)C[C@@H](C)C[C@H](O)CCCCCC[C@H](O)[C@H](C)N. The molecular formula is C22H47NO4. The Balaban J connectivity index is 3.86. The molecule has 0 heterocycles. The summed E-state index contributed by atoms with van der Waals surface area (Å²) in [6.45, 7) is 7.98. The van der Waals surface area contributed by atoms with Crippen LogP contribution in [-0.2, 0) is 0 Å². The van der Waals surface area contributed by atoms with E-state index in [1.807, 2.05) is 20.8 Å². The third kappa shape index (κ3) is 13.6. The quantitative estimate of drug-likeness (QED) is 0.245. The predicted molar refractivity (Wildman–Crippen MR) is 112 cm³/mol. The molecule has 0 bridgehead atoms. The number of aliphatic hydroxyl groups is 4. The van der Waals surface area contributed by atoms with E-state index < -0.39 is 18.3 Å². The molecule has 0 aromatic heterocycles. The maximum Gasteiger partial charge on any atom is 0.0824 e. The topological polar surface area (TPSA) is 107 Å². The lowest BCUT2D eigenvalue weighted by Crippen LogP contribution is -2.34. The van der Waals surface area contributed by atoms with Gasteiger partial charge >= 0.3 is 0 Å². The minimum Gasteiger partial charge on any atom is -0.393 e. The lowest BCUT2D eigenvalue weighted by molar-refractivity contribution is -0.0287. The summed E-state index contributed by atoms with van der Waals surface area (Å²) in [5, 5.41) is 40.4. The number of aliphatic hydroxyl groups excluding tert-OH is 4. The predicted octanol–water partition coefficient (Wildman–Crippen LogP) is 3.36. The van der Waals surface area contributed by atoms with Gasteiger partial charge in [0.05, 0.1) is 24.4 Å². The van der Waals surface area contributed by atoms with Gasteiger partial charge in [0.2, 0.25) is 0 Å². The normalized spacial score (nSPS) is 19.9. The summed E-state index contributed by atoms with van der Waals surface area (Å²) in [4.78, 5) is 0. The van der Waals surface area contributed by atoms with Gasteiger partial charge in [0.25, 0.3) is 0 Å². The van der Waals surface area contributed by atoms with Crippen molar-refractivity contribution in [3.8, 4) is 0 Å². The number of nitrogens with two attached hydrogens (primary N) is 1. The van der Waals surface area contributed by atoms with Crippen molar-refractivity contribution in [2.45, 2.75) is 129 Å². The molecule has 0 unspecified atom stereocenters. The van der Waals surface area contributed by atoms with Gasteiger partial charge in [-0.3, -0.25) is 0 Å². The molecule has 0 radical (unpaired) electrons. The van der Waals surface area contributed by atoms with Crippen LogP contribution in [0.2, 0.25) is 0 Å². The molecule has 0 saturated carbocycles. The Morgan fingerprint density at radius 1 is 0.704 bits per heavy atom. The van der Waals surface area contributed by atoms with Crippen LogP contribution in [-0.4, -0.2) is 50.9 Å². The van der Waals surface area contributed by atoms with Crippen LogP contribution in [0, 0.1) is 11.8 Å². The Bertz CT molecular complexity index is 340. The van der Waals surface area contributed by atoms with E-state index in [4.69, 9.17) is 5.73 Å². The molecule has 5 heteroatoms. The smallest absolute Gasteiger partial charge is 0.0824 e. The van der Waals surface area contributed by atoms with Gasteiger partial charge in [0, 0.05) is 6.04 Å². The third-order valence-electron chi connectivity index (χ3n) is 5.70. The molecule has 0 saturated heterocycles. The van der Waals surface area contributed by atoms with E-state index in [1.54, 1.807) is 0 Å². The zero-order chi connectivity index (χ0) is 20.8. The van der Waals surface area contributed by atoms with Gasteiger partial charge in [0.1, 0.15) is 0 Å². The zero-order valence-corrected chi connectivity index (χ0v) is 18.2. The van der Waals surface area contributed by atoms with E-state index in [0.717, 1.165) is 57.8 Å². The standard InChI is InChI=1S/C22H47NO4/c1-5-6-11-17(3)22(27)21(26)15-16(2)14-19(24)12-9-7-8-10-13-20(25)18(4)23/h16-22,24-27H,5-15,23H2,1-4H3/t16-,17+,18-,19+,20-,21-,22+/m0/s1. The Morgan fingerprint density at radius 3 is 1.85 bits per heavy atom. The fourth-order valence-electron chi connectivity index (χ4n) is 3.66. The molecule has 0 spiro atoms. The van der Waals surface area contributed by atoms with Crippen LogP contribution < -0.4 is 5.73 Å². The van der Waals surface area contributed by atoms with Crippen LogP contribution in [0.3, 0.4) is 0 Å². The van der Waals surface area contributed by atoms with Crippen LogP contribution in [0.25, 0.3) is 0 Å². The van der Waals surface area contributed by atoms with Crippen LogP contribution in [0.15, 0.2) is 0 Å². The van der Waals surface area contributed by atoms with Gasteiger partial charge in [-0.05, 0) is 50.9 Å². The summed E-state index contributed by atoms with van der Waals surface area (Å²) in [6, 6.07) is -0.170. The molecule has 27 heavy (non-hydrogen) atoms. The van der Waals surface area contributed by atoms with Crippen molar-refractivity contribution in [1.82, 2.24) is 0 Å². The van der Waals surface area contributed by atoms with Gasteiger partial charge in [-0.2, -0.15) is 0 Å². The van der Waals surface area contributed by atoms with Crippen molar-refractivity contribution in [2.24, 2.45) is 17.6 Å². The first-order valence-electron chi connectivity index (χ1n) is 11.2. The first-order chi connectivity index (χ1) is 12.7. The Labute approximate surface area is 167 Å². The summed E-state index contributed by atoms with van der Waals surface area (Å²) in [6.07, 6.45) is 7.70. The summed E-state index contributed by atoms with van der Waals surface area (Å²) in [7, 11) is 0. The van der Waals surface area contributed by atoms with Crippen LogP contribution >= 0.6 is 0 Å². The monoisotopic (exact) mass is 389 g/mol. The Morgan fingerprint density at radius 2 is 1.30 bits per heavy atom. The van der Waals surface area contributed by atoms with E-state index in [2.05, 4.69) is 6.92 Å². The molecule has 0 aliphatic heterocycles. The van der Waals surface area contributed by atoms with Crippen molar-refractivity contribution < 1.29 is 20.4 Å². The van der Waals surface area contributed by atoms with Crippen molar-refractivity contribution in [3.05, 3.63) is 0 Å². The van der Waals surface area contributed by atoms with Crippen LogP contribution in [0.4, 0.5) is 0 Å². The second kappa shape index (κ2) is 15.7. The number of rotatable bonds is 17. The first-order valence-corrected chi connectivity index (χ1v) is 11.2. The molecule has 0 aromatic rings. The highest BCUT2D eigenvalue weighted by molar-refractivity contribution is 4.76. The van der Waals surface area contributed by atoms with Gasteiger partial charge in [-0.25, -0.2) is 0 Å². The van der Waals surface area contributed by atoms with Crippen molar-refractivity contribution in [2.75, 3.05) is 0 Å². The number of hydrogen-bond donors (Lipinski definition) is 5. The average Bonchev–Trinajstić information content (AvgIpc) is 2.61. The first kappa shape index (κ1) is 26.8. The molecule has 0 aliphatic rings. The highest BCUT2D eigenvalue weighted by Gasteiger charge is 2.24. The van der Waals surface area contributed by atoms with Gasteiger partial charge in [-0.15, -0.1) is 0 Å².